The molecule has 0 saturated carbocycles. The Morgan fingerprint density at radius 3 is 2.30 bits per heavy atom. The second kappa shape index (κ2) is 7.65. The summed E-state index contributed by atoms with van der Waals surface area (Å²) in [7, 11) is 3.64. The number of hydrogen-bond donors (Lipinski definition) is 1. The Morgan fingerprint density at radius 1 is 1.25 bits per heavy atom. The van der Waals surface area contributed by atoms with Crippen LogP contribution in [0.25, 0.3) is 0 Å². The van der Waals surface area contributed by atoms with Crippen LogP contribution in [-0.4, -0.2) is 49.0 Å². The fourth-order valence-electron chi connectivity index (χ4n) is 2.01. The van der Waals surface area contributed by atoms with Gasteiger partial charge in [-0.1, -0.05) is 0 Å². The number of benzene rings is 1. The Morgan fingerprint density at radius 2 is 1.85 bits per heavy atom. The number of carbonyl (C=O) groups excluding carboxylic acids is 1. The summed E-state index contributed by atoms with van der Waals surface area (Å²) >= 11 is 0. The predicted molar refractivity (Wildman–Crippen MR) is 76.2 cm³/mol. The van der Waals surface area contributed by atoms with Gasteiger partial charge in [-0.3, -0.25) is 9.59 Å². The van der Waals surface area contributed by atoms with Crippen molar-refractivity contribution in [3.05, 3.63) is 29.8 Å². The van der Waals surface area contributed by atoms with Crippen LogP contribution in [0, 0.1) is 5.92 Å². The quantitative estimate of drug-likeness (QED) is 0.736. The van der Waals surface area contributed by atoms with E-state index >= 15 is 0 Å². The van der Waals surface area contributed by atoms with E-state index in [4.69, 9.17) is 9.84 Å². The Balaban J connectivity index is 2.84. The van der Waals surface area contributed by atoms with Gasteiger partial charge in [0.25, 0.3) is 0 Å². The van der Waals surface area contributed by atoms with E-state index in [9.17, 15) is 9.59 Å². The van der Waals surface area contributed by atoms with Gasteiger partial charge in [-0.05, 0) is 45.3 Å². The minimum atomic E-state index is -0.962. The number of nitrogens with zero attached hydrogens (tertiary/aromatic N) is 1. The molecule has 0 saturated heterocycles. The summed E-state index contributed by atoms with van der Waals surface area (Å²) in [6.07, 6.45) is -0.162. The van der Waals surface area contributed by atoms with Crippen molar-refractivity contribution in [2.45, 2.75) is 13.3 Å². The van der Waals surface area contributed by atoms with E-state index in [1.54, 1.807) is 24.3 Å². The van der Waals surface area contributed by atoms with E-state index in [1.807, 2.05) is 25.9 Å². The van der Waals surface area contributed by atoms with Crippen molar-refractivity contribution < 1.29 is 19.4 Å². The average Bonchev–Trinajstić information content (AvgIpc) is 2.37. The fourth-order valence-corrected chi connectivity index (χ4v) is 2.01. The highest BCUT2D eigenvalue weighted by atomic mass is 16.5. The number of carboxylic acids is 1. The minimum Gasteiger partial charge on any atom is -0.494 e. The molecule has 0 heterocycles. The molecule has 20 heavy (non-hydrogen) atoms. The molecule has 1 unspecified atom stereocenters. The van der Waals surface area contributed by atoms with Crippen molar-refractivity contribution in [1.82, 2.24) is 4.90 Å². The second-order valence-corrected chi connectivity index (χ2v) is 4.88. The number of hydrogen-bond acceptors (Lipinski definition) is 4. The summed E-state index contributed by atoms with van der Waals surface area (Å²) in [6.45, 7) is 2.87. The predicted octanol–water partition coefficient (Wildman–Crippen LogP) is 1.92. The Labute approximate surface area is 119 Å². The van der Waals surface area contributed by atoms with Crippen molar-refractivity contribution >= 4 is 11.8 Å². The number of carboxylic acid groups (broad SMARTS) is 1. The maximum atomic E-state index is 12.4. The van der Waals surface area contributed by atoms with Crippen molar-refractivity contribution in [3.63, 3.8) is 0 Å². The van der Waals surface area contributed by atoms with E-state index in [2.05, 4.69) is 0 Å². The minimum absolute atomic E-state index is 0.149. The average molecular weight is 279 g/mol. The maximum Gasteiger partial charge on any atom is 0.304 e. The van der Waals surface area contributed by atoms with Crippen LogP contribution in [0.4, 0.5) is 0 Å². The number of ether oxygens (including phenoxy) is 1. The van der Waals surface area contributed by atoms with Gasteiger partial charge in [0.05, 0.1) is 13.0 Å². The van der Waals surface area contributed by atoms with Crippen LogP contribution >= 0.6 is 0 Å². The van der Waals surface area contributed by atoms with Crippen molar-refractivity contribution in [2.75, 3.05) is 27.2 Å². The van der Waals surface area contributed by atoms with Gasteiger partial charge < -0.3 is 14.7 Å². The summed E-state index contributed by atoms with van der Waals surface area (Å²) in [5.74, 6) is -0.952. The molecule has 1 aromatic rings. The zero-order valence-corrected chi connectivity index (χ0v) is 12.1. The maximum absolute atomic E-state index is 12.4. The molecule has 1 N–H and O–H groups in total. The summed E-state index contributed by atoms with van der Waals surface area (Å²) < 4.78 is 5.32. The monoisotopic (exact) mass is 279 g/mol. The van der Waals surface area contributed by atoms with E-state index in [0.717, 1.165) is 0 Å². The molecule has 0 aliphatic rings. The van der Waals surface area contributed by atoms with E-state index in [-0.39, 0.29) is 12.2 Å². The third kappa shape index (κ3) is 5.01. The van der Waals surface area contributed by atoms with Crippen LogP contribution in [0.2, 0.25) is 0 Å². The SMILES string of the molecule is CCOc1ccc(C(=O)C(CC(=O)O)CN(C)C)cc1. The molecule has 110 valence electrons. The Bertz CT molecular complexity index is 453. The number of ketones is 1. The molecule has 1 atom stereocenters. The normalized spacial score (nSPS) is 12.2. The molecule has 0 aliphatic heterocycles. The van der Waals surface area contributed by atoms with Crippen LogP contribution in [0.15, 0.2) is 24.3 Å². The van der Waals surface area contributed by atoms with E-state index in [0.29, 0.717) is 24.5 Å². The lowest BCUT2D eigenvalue weighted by molar-refractivity contribution is -0.137. The number of aliphatic carboxylic acids is 1. The molecule has 0 amide bonds. The summed E-state index contributed by atoms with van der Waals surface area (Å²) in [6, 6.07) is 6.81. The van der Waals surface area contributed by atoms with Crippen LogP contribution in [0.3, 0.4) is 0 Å². The van der Waals surface area contributed by atoms with E-state index < -0.39 is 11.9 Å². The second-order valence-electron chi connectivity index (χ2n) is 4.88. The summed E-state index contributed by atoms with van der Waals surface area (Å²) in [5, 5.41) is 8.92. The lowest BCUT2D eigenvalue weighted by Crippen LogP contribution is -2.30. The topological polar surface area (TPSA) is 66.8 Å². The van der Waals surface area contributed by atoms with E-state index in [1.165, 1.54) is 0 Å². The van der Waals surface area contributed by atoms with Crippen molar-refractivity contribution in [3.8, 4) is 5.75 Å². The highest BCUT2D eigenvalue weighted by Gasteiger charge is 2.23. The van der Waals surface area contributed by atoms with Gasteiger partial charge >= 0.3 is 5.97 Å². The Hall–Kier alpha value is -1.88. The summed E-state index contributed by atoms with van der Waals surface area (Å²) in [4.78, 5) is 25.0. The third-order valence-electron chi connectivity index (χ3n) is 2.83. The Kier molecular flexibility index (Phi) is 6.18. The van der Waals surface area contributed by atoms with Gasteiger partial charge in [-0.2, -0.15) is 0 Å². The molecule has 5 nitrogen and oxygen atoms in total. The molecule has 0 spiro atoms. The summed E-state index contributed by atoms with van der Waals surface area (Å²) in [5.41, 5.74) is 0.515. The first-order chi connectivity index (χ1) is 9.43. The first-order valence-corrected chi connectivity index (χ1v) is 6.57. The first kappa shape index (κ1) is 16.2. The van der Waals surface area contributed by atoms with Gasteiger partial charge in [0, 0.05) is 18.0 Å². The lowest BCUT2D eigenvalue weighted by Gasteiger charge is -2.18. The molecule has 1 aromatic carbocycles. The molecule has 0 radical (unpaired) electrons. The largest absolute Gasteiger partial charge is 0.494 e. The van der Waals surface area contributed by atoms with Crippen LogP contribution in [-0.2, 0) is 4.79 Å². The first-order valence-electron chi connectivity index (χ1n) is 6.57. The lowest BCUT2D eigenvalue weighted by atomic mass is 9.94. The van der Waals surface area contributed by atoms with Crippen molar-refractivity contribution in [2.24, 2.45) is 5.92 Å². The van der Waals surface area contributed by atoms with Crippen molar-refractivity contribution in [1.29, 1.82) is 0 Å². The van der Waals surface area contributed by atoms with Gasteiger partial charge in [0.15, 0.2) is 5.78 Å². The number of rotatable bonds is 8. The molecule has 1 rings (SSSR count). The van der Waals surface area contributed by atoms with Gasteiger partial charge in [-0.25, -0.2) is 0 Å². The number of carbonyl (C=O) groups is 2. The number of Topliss-reactive ketones (excluding diaryl/α,β-unsaturated/α-hetero) is 1. The van der Waals surface area contributed by atoms with Crippen LogP contribution < -0.4 is 4.74 Å². The zero-order valence-electron chi connectivity index (χ0n) is 12.1. The van der Waals surface area contributed by atoms with Gasteiger partial charge in [0.1, 0.15) is 5.75 Å². The molecular formula is C15H21NO4. The molecule has 0 fully saturated rings. The molecule has 0 bridgehead atoms. The van der Waals surface area contributed by atoms with Gasteiger partial charge in [-0.15, -0.1) is 0 Å². The standard InChI is InChI=1S/C15H21NO4/c1-4-20-13-7-5-11(6-8-13)15(19)12(9-14(17)18)10-16(2)3/h5-8,12H,4,9-10H2,1-3H3,(H,17,18). The van der Waals surface area contributed by atoms with Crippen LogP contribution in [0.1, 0.15) is 23.7 Å². The van der Waals surface area contributed by atoms with Crippen LogP contribution in [0.5, 0.6) is 5.75 Å². The molecule has 5 heteroatoms. The highest BCUT2D eigenvalue weighted by Crippen LogP contribution is 2.17. The molecule has 0 aliphatic carbocycles. The van der Waals surface area contributed by atoms with Gasteiger partial charge in [0.2, 0.25) is 0 Å². The smallest absolute Gasteiger partial charge is 0.304 e. The zero-order chi connectivity index (χ0) is 15.1. The molecular weight excluding hydrogens is 258 g/mol. The highest BCUT2D eigenvalue weighted by molar-refractivity contribution is 5.99. The fraction of sp³-hybridized carbons (Fsp3) is 0.467. The molecule has 0 aromatic heterocycles. The third-order valence-corrected chi connectivity index (χ3v) is 2.83.